The molecule has 0 saturated carbocycles. The molecule has 6 nitrogen and oxygen atoms in total. The number of hydrogen-bond acceptors (Lipinski definition) is 5. The first-order valence-electron chi connectivity index (χ1n) is 5.72. The van der Waals surface area contributed by atoms with Gasteiger partial charge in [0.05, 0.1) is 11.0 Å². The summed E-state index contributed by atoms with van der Waals surface area (Å²) in [6.07, 6.45) is 0.600. The third-order valence-corrected chi connectivity index (χ3v) is 4.00. The smallest absolute Gasteiger partial charge is 0.273 e. The summed E-state index contributed by atoms with van der Waals surface area (Å²) in [6.45, 7) is 1.53. The first-order chi connectivity index (χ1) is 9.00. The predicted molar refractivity (Wildman–Crippen MR) is 71.2 cm³/mol. The average Bonchev–Trinajstić information content (AvgIpc) is 2.74. The molecule has 1 fully saturated rings. The number of hydrogen-bond donors (Lipinski definition) is 1. The maximum Gasteiger partial charge on any atom is 0.273 e. The first-order valence-corrected chi connectivity index (χ1v) is 6.71. The molecule has 0 radical (unpaired) electrons. The van der Waals surface area contributed by atoms with E-state index in [0.717, 1.165) is 0 Å². The van der Waals surface area contributed by atoms with Gasteiger partial charge in [-0.3, -0.25) is 19.7 Å². The molecule has 1 saturated heterocycles. The van der Waals surface area contributed by atoms with Gasteiger partial charge in [0.25, 0.3) is 11.6 Å². The molecular formula is C12H12N2O4S. The van der Waals surface area contributed by atoms with E-state index in [2.05, 4.69) is 5.32 Å². The standard InChI is InChI=1S/C12H12N2O4S/c1-7-8(3-2-4-10(7)14(17)18)11(15)13-9-5-6-19-12(9)16/h2-4,9H,5-6H2,1H3,(H,13,15)/t9-/m1/s1. The van der Waals surface area contributed by atoms with Crippen LogP contribution in [0.4, 0.5) is 5.69 Å². The molecule has 0 unspecified atom stereocenters. The van der Waals surface area contributed by atoms with Crippen LogP contribution in [-0.2, 0) is 4.79 Å². The SMILES string of the molecule is Cc1c(C(=O)N[C@@H]2CCSC2=O)cccc1[N+](=O)[O-]. The minimum absolute atomic E-state index is 0.0589. The van der Waals surface area contributed by atoms with Crippen molar-refractivity contribution >= 4 is 28.5 Å². The zero-order valence-electron chi connectivity index (χ0n) is 10.2. The third-order valence-electron chi connectivity index (χ3n) is 2.99. The van der Waals surface area contributed by atoms with Crippen molar-refractivity contribution in [2.75, 3.05) is 5.75 Å². The Morgan fingerprint density at radius 1 is 1.53 bits per heavy atom. The Balaban J connectivity index is 2.22. The minimum atomic E-state index is -0.525. The van der Waals surface area contributed by atoms with E-state index >= 15 is 0 Å². The van der Waals surface area contributed by atoms with Crippen LogP contribution in [0.25, 0.3) is 0 Å². The van der Waals surface area contributed by atoms with Crippen molar-refractivity contribution < 1.29 is 14.5 Å². The highest BCUT2D eigenvalue weighted by Crippen LogP contribution is 2.23. The number of rotatable bonds is 3. The summed E-state index contributed by atoms with van der Waals surface area (Å²) in [6, 6.07) is 3.84. The van der Waals surface area contributed by atoms with Crippen molar-refractivity contribution in [2.24, 2.45) is 0 Å². The zero-order chi connectivity index (χ0) is 14.0. The van der Waals surface area contributed by atoms with Gasteiger partial charge in [-0.25, -0.2) is 0 Å². The molecule has 0 aliphatic carbocycles. The molecule has 1 N–H and O–H groups in total. The molecule has 0 bridgehead atoms. The van der Waals surface area contributed by atoms with E-state index in [9.17, 15) is 19.7 Å². The monoisotopic (exact) mass is 280 g/mol. The summed E-state index contributed by atoms with van der Waals surface area (Å²) in [4.78, 5) is 33.8. The summed E-state index contributed by atoms with van der Waals surface area (Å²) in [5, 5.41) is 13.4. The van der Waals surface area contributed by atoms with Crippen LogP contribution in [0.15, 0.2) is 18.2 Å². The highest BCUT2D eigenvalue weighted by molar-refractivity contribution is 8.14. The molecule has 1 aliphatic heterocycles. The van der Waals surface area contributed by atoms with Gasteiger partial charge >= 0.3 is 0 Å². The van der Waals surface area contributed by atoms with E-state index in [1.165, 1.54) is 36.9 Å². The van der Waals surface area contributed by atoms with E-state index in [4.69, 9.17) is 0 Å². The number of nitro benzene ring substituents is 1. The maximum atomic E-state index is 12.0. The van der Waals surface area contributed by atoms with E-state index in [1.54, 1.807) is 0 Å². The van der Waals surface area contributed by atoms with Gasteiger partial charge in [0.2, 0.25) is 5.12 Å². The fraction of sp³-hybridized carbons (Fsp3) is 0.333. The Labute approximate surface area is 113 Å². The highest BCUT2D eigenvalue weighted by Gasteiger charge is 2.28. The van der Waals surface area contributed by atoms with Gasteiger partial charge in [-0.2, -0.15) is 0 Å². The van der Waals surface area contributed by atoms with Crippen LogP contribution >= 0.6 is 11.8 Å². The van der Waals surface area contributed by atoms with Gasteiger partial charge in [0.1, 0.15) is 0 Å². The van der Waals surface area contributed by atoms with Gasteiger partial charge in [0, 0.05) is 22.9 Å². The van der Waals surface area contributed by atoms with Crippen LogP contribution in [-0.4, -0.2) is 27.7 Å². The first kappa shape index (κ1) is 13.5. The fourth-order valence-corrected chi connectivity index (χ4v) is 2.86. The molecule has 1 aromatic rings. The fourth-order valence-electron chi connectivity index (χ4n) is 1.93. The van der Waals surface area contributed by atoms with Crippen molar-refractivity contribution in [3.8, 4) is 0 Å². The number of nitrogens with zero attached hydrogens (tertiary/aromatic N) is 1. The molecular weight excluding hydrogens is 268 g/mol. The molecule has 1 aromatic carbocycles. The lowest BCUT2D eigenvalue weighted by Gasteiger charge is -2.11. The Morgan fingerprint density at radius 3 is 2.84 bits per heavy atom. The molecule has 19 heavy (non-hydrogen) atoms. The van der Waals surface area contributed by atoms with E-state index in [0.29, 0.717) is 17.7 Å². The summed E-state index contributed by atoms with van der Waals surface area (Å²) in [5.74, 6) is 0.250. The van der Waals surface area contributed by atoms with Crippen molar-refractivity contribution in [2.45, 2.75) is 19.4 Å². The predicted octanol–water partition coefficient (Wildman–Crippen LogP) is 1.67. The maximum absolute atomic E-state index is 12.0. The van der Waals surface area contributed by atoms with Crippen LogP contribution in [0.5, 0.6) is 0 Å². The lowest BCUT2D eigenvalue weighted by molar-refractivity contribution is -0.385. The largest absolute Gasteiger partial charge is 0.341 e. The normalized spacial score (nSPS) is 18.4. The molecule has 1 heterocycles. The van der Waals surface area contributed by atoms with Gasteiger partial charge < -0.3 is 5.32 Å². The Morgan fingerprint density at radius 2 is 2.26 bits per heavy atom. The Bertz CT molecular complexity index is 559. The highest BCUT2D eigenvalue weighted by atomic mass is 32.2. The topological polar surface area (TPSA) is 89.3 Å². The van der Waals surface area contributed by atoms with Crippen LogP contribution in [0.1, 0.15) is 22.3 Å². The van der Waals surface area contributed by atoms with Crippen LogP contribution in [0, 0.1) is 17.0 Å². The van der Waals surface area contributed by atoms with E-state index < -0.39 is 16.9 Å². The molecule has 0 aromatic heterocycles. The number of carbonyl (C=O) groups is 2. The van der Waals surface area contributed by atoms with Crippen LogP contribution < -0.4 is 5.32 Å². The molecule has 100 valence electrons. The summed E-state index contributed by atoms with van der Waals surface area (Å²) >= 11 is 1.19. The quantitative estimate of drug-likeness (QED) is 0.672. The van der Waals surface area contributed by atoms with Crippen molar-refractivity contribution in [3.63, 3.8) is 0 Å². The van der Waals surface area contributed by atoms with E-state index in [-0.39, 0.29) is 16.4 Å². The van der Waals surface area contributed by atoms with Crippen molar-refractivity contribution in [1.82, 2.24) is 5.32 Å². The second kappa shape index (κ2) is 5.40. The van der Waals surface area contributed by atoms with Crippen LogP contribution in [0.3, 0.4) is 0 Å². The molecule has 2 rings (SSSR count). The second-order valence-corrected chi connectivity index (χ2v) is 5.29. The van der Waals surface area contributed by atoms with Gasteiger partial charge in [-0.1, -0.05) is 17.8 Å². The second-order valence-electron chi connectivity index (χ2n) is 4.19. The number of carbonyl (C=O) groups excluding carboxylic acids is 2. The number of nitro groups is 1. The Kier molecular flexibility index (Phi) is 3.84. The van der Waals surface area contributed by atoms with E-state index in [1.807, 2.05) is 0 Å². The molecule has 0 spiro atoms. The Hall–Kier alpha value is -1.89. The number of benzene rings is 1. The summed E-state index contributed by atoms with van der Waals surface area (Å²) in [7, 11) is 0. The lowest BCUT2D eigenvalue weighted by atomic mass is 10.1. The van der Waals surface area contributed by atoms with Crippen molar-refractivity contribution in [1.29, 1.82) is 0 Å². The molecule has 1 atom stereocenters. The molecule has 7 heteroatoms. The zero-order valence-corrected chi connectivity index (χ0v) is 11.0. The molecule has 1 aliphatic rings. The average molecular weight is 280 g/mol. The van der Waals surface area contributed by atoms with Gasteiger partial charge in [-0.05, 0) is 19.4 Å². The molecule has 1 amide bonds. The number of thioether (sulfide) groups is 1. The van der Waals surface area contributed by atoms with Crippen LogP contribution in [0.2, 0.25) is 0 Å². The summed E-state index contributed by atoms with van der Waals surface area (Å²) in [5.41, 5.74) is 0.446. The third kappa shape index (κ3) is 2.76. The minimum Gasteiger partial charge on any atom is -0.341 e. The van der Waals surface area contributed by atoms with Gasteiger partial charge in [-0.15, -0.1) is 0 Å². The lowest BCUT2D eigenvalue weighted by Crippen LogP contribution is -2.37. The van der Waals surface area contributed by atoms with Crippen molar-refractivity contribution in [3.05, 3.63) is 39.4 Å². The number of amides is 1. The number of nitrogens with one attached hydrogen (secondary N) is 1. The van der Waals surface area contributed by atoms with Gasteiger partial charge in [0.15, 0.2) is 0 Å². The summed E-state index contributed by atoms with van der Waals surface area (Å²) < 4.78 is 0.